The van der Waals surface area contributed by atoms with Crippen LogP contribution in [0.2, 0.25) is 0 Å². The average molecular weight is 451 g/mol. The fourth-order valence-electron chi connectivity index (χ4n) is 5.27. The molecule has 4 atom stereocenters. The van der Waals surface area contributed by atoms with E-state index in [4.69, 9.17) is 4.74 Å². The zero-order chi connectivity index (χ0) is 15.0. The summed E-state index contributed by atoms with van der Waals surface area (Å²) in [5.74, 6) is 4.26. The van der Waals surface area contributed by atoms with Crippen LogP contribution in [-0.2, 0) is 4.74 Å². The Kier molecular flexibility index (Phi) is 6.05. The van der Waals surface area contributed by atoms with Gasteiger partial charge in [-0.25, -0.2) is 0 Å². The molecule has 0 radical (unpaired) electrons. The summed E-state index contributed by atoms with van der Waals surface area (Å²) in [5.41, 5.74) is 0.403. The maximum absolute atomic E-state index is 6.08. The summed E-state index contributed by atoms with van der Waals surface area (Å²) < 4.78 is 6.08. The van der Waals surface area contributed by atoms with E-state index < -0.39 is 0 Å². The molecule has 2 aliphatic carbocycles. The quantitative estimate of drug-likeness (QED) is 0.385. The average Bonchev–Trinajstić information content (AvgIpc) is 3.20. The number of hydrogen-bond acceptors (Lipinski definition) is 3. The largest absolute Gasteiger partial charge is 0.377 e. The Labute approximate surface area is 161 Å². The number of fused-ring (bicyclic) bond motifs is 2. The van der Waals surface area contributed by atoms with E-state index in [0.29, 0.717) is 29.5 Å². The van der Waals surface area contributed by atoms with E-state index >= 15 is 0 Å². The summed E-state index contributed by atoms with van der Waals surface area (Å²) >= 11 is 2.06. The molecule has 2 N–H and O–H groups in total. The highest BCUT2D eigenvalue weighted by atomic mass is 127. The first kappa shape index (κ1) is 18.1. The summed E-state index contributed by atoms with van der Waals surface area (Å²) in [5, 5.41) is 7.47. The van der Waals surface area contributed by atoms with Gasteiger partial charge < -0.3 is 15.4 Å². The van der Waals surface area contributed by atoms with Gasteiger partial charge in [0.25, 0.3) is 0 Å². The van der Waals surface area contributed by atoms with Crippen LogP contribution in [0.15, 0.2) is 4.99 Å². The maximum atomic E-state index is 6.08. The minimum atomic E-state index is 0. The van der Waals surface area contributed by atoms with E-state index in [9.17, 15) is 0 Å². The van der Waals surface area contributed by atoms with Crippen molar-refractivity contribution in [3.63, 3.8) is 0 Å². The monoisotopic (exact) mass is 451 g/mol. The molecule has 2 saturated carbocycles. The van der Waals surface area contributed by atoms with Gasteiger partial charge in [0.15, 0.2) is 5.96 Å². The molecule has 0 bridgehead atoms. The molecule has 0 amide bonds. The highest BCUT2D eigenvalue weighted by Crippen LogP contribution is 2.60. The first-order valence-corrected chi connectivity index (χ1v) is 10.2. The van der Waals surface area contributed by atoms with Gasteiger partial charge in [0.2, 0.25) is 0 Å². The minimum Gasteiger partial charge on any atom is -0.377 e. The van der Waals surface area contributed by atoms with Crippen molar-refractivity contribution in [1.82, 2.24) is 10.6 Å². The van der Waals surface area contributed by atoms with Crippen molar-refractivity contribution < 1.29 is 4.74 Å². The number of thioether (sulfide) groups is 1. The third-order valence-corrected chi connectivity index (χ3v) is 7.52. The lowest BCUT2D eigenvalue weighted by atomic mass is 9.54. The molecule has 2 aliphatic heterocycles. The number of guanidine groups is 1. The molecule has 132 valence electrons. The number of hydrogen-bond donors (Lipinski definition) is 2. The molecule has 4 nitrogen and oxygen atoms in total. The second-order valence-corrected chi connectivity index (χ2v) is 8.59. The predicted molar refractivity (Wildman–Crippen MR) is 108 cm³/mol. The smallest absolute Gasteiger partial charge is 0.191 e. The Morgan fingerprint density at radius 1 is 1.17 bits per heavy atom. The molecule has 2 saturated heterocycles. The van der Waals surface area contributed by atoms with Gasteiger partial charge in [-0.15, -0.1) is 24.0 Å². The third-order valence-electron chi connectivity index (χ3n) is 6.30. The molecule has 6 heteroatoms. The number of rotatable bonds is 2. The van der Waals surface area contributed by atoms with Crippen molar-refractivity contribution >= 4 is 41.7 Å². The first-order chi connectivity index (χ1) is 10.8. The van der Waals surface area contributed by atoms with E-state index in [2.05, 4.69) is 27.4 Å². The molecule has 4 aliphatic rings. The minimum absolute atomic E-state index is 0. The first-order valence-electron chi connectivity index (χ1n) is 9.03. The van der Waals surface area contributed by atoms with Gasteiger partial charge in [-0.2, -0.15) is 11.8 Å². The summed E-state index contributed by atoms with van der Waals surface area (Å²) in [6.45, 7) is 0.959. The lowest BCUT2D eigenvalue weighted by Gasteiger charge is -2.57. The zero-order valence-corrected chi connectivity index (χ0v) is 17.2. The van der Waals surface area contributed by atoms with Crippen LogP contribution in [0.25, 0.3) is 0 Å². The van der Waals surface area contributed by atoms with Gasteiger partial charge >= 0.3 is 0 Å². The van der Waals surface area contributed by atoms with Gasteiger partial charge in [-0.3, -0.25) is 4.99 Å². The SMILES string of the molecule is CN=C(NC1CCCSC1)NC1C2CCOC2C12CCCC2.I. The van der Waals surface area contributed by atoms with Gasteiger partial charge in [0, 0.05) is 42.8 Å². The lowest BCUT2D eigenvalue weighted by Crippen LogP contribution is -2.69. The van der Waals surface area contributed by atoms with Crippen LogP contribution in [0.5, 0.6) is 0 Å². The van der Waals surface area contributed by atoms with Crippen LogP contribution in [0, 0.1) is 11.3 Å². The Morgan fingerprint density at radius 2 is 2.00 bits per heavy atom. The number of nitrogens with one attached hydrogen (secondary N) is 2. The normalized spacial score (nSPS) is 38.6. The molecule has 23 heavy (non-hydrogen) atoms. The van der Waals surface area contributed by atoms with E-state index in [1.54, 1.807) is 0 Å². The van der Waals surface area contributed by atoms with Crippen molar-refractivity contribution in [3.8, 4) is 0 Å². The van der Waals surface area contributed by atoms with Crippen LogP contribution < -0.4 is 10.6 Å². The molecule has 4 rings (SSSR count). The van der Waals surface area contributed by atoms with Crippen molar-refractivity contribution in [3.05, 3.63) is 0 Å². The Balaban J connectivity index is 0.00000156. The fourth-order valence-corrected chi connectivity index (χ4v) is 6.34. The summed E-state index contributed by atoms with van der Waals surface area (Å²) in [6, 6.07) is 1.16. The molecular formula is C17H30IN3OS. The molecule has 0 aromatic carbocycles. The highest BCUT2D eigenvalue weighted by molar-refractivity contribution is 14.0. The van der Waals surface area contributed by atoms with E-state index in [0.717, 1.165) is 12.6 Å². The maximum Gasteiger partial charge on any atom is 0.191 e. The molecular weight excluding hydrogens is 421 g/mol. The summed E-state index contributed by atoms with van der Waals surface area (Å²) in [7, 11) is 1.91. The number of aliphatic imine (C=N–C) groups is 1. The van der Waals surface area contributed by atoms with Crippen molar-refractivity contribution in [2.75, 3.05) is 25.2 Å². The molecule has 0 aromatic rings. The van der Waals surface area contributed by atoms with Crippen LogP contribution in [0.3, 0.4) is 0 Å². The topological polar surface area (TPSA) is 45.7 Å². The lowest BCUT2D eigenvalue weighted by molar-refractivity contribution is -0.125. The van der Waals surface area contributed by atoms with E-state index in [-0.39, 0.29) is 24.0 Å². The molecule has 0 aromatic heterocycles. The van der Waals surface area contributed by atoms with Crippen LogP contribution in [-0.4, -0.2) is 49.3 Å². The number of ether oxygens (including phenoxy) is 1. The van der Waals surface area contributed by atoms with E-state index in [1.807, 2.05) is 7.05 Å². The number of nitrogens with zero attached hydrogens (tertiary/aromatic N) is 1. The van der Waals surface area contributed by atoms with Gasteiger partial charge in [-0.1, -0.05) is 12.8 Å². The van der Waals surface area contributed by atoms with Crippen molar-refractivity contribution in [2.24, 2.45) is 16.3 Å². The predicted octanol–water partition coefficient (Wildman–Crippen LogP) is 3.01. The third kappa shape index (κ3) is 3.24. The van der Waals surface area contributed by atoms with Crippen molar-refractivity contribution in [1.29, 1.82) is 0 Å². The summed E-state index contributed by atoms with van der Waals surface area (Å²) in [6.07, 6.45) is 9.76. The molecule has 4 unspecified atom stereocenters. The van der Waals surface area contributed by atoms with E-state index in [1.165, 1.54) is 56.5 Å². The second-order valence-electron chi connectivity index (χ2n) is 7.44. The Hall–Kier alpha value is 0.310. The molecule has 2 heterocycles. The number of halogens is 1. The zero-order valence-electron chi connectivity index (χ0n) is 14.1. The second kappa shape index (κ2) is 7.68. The van der Waals surface area contributed by atoms with Gasteiger partial charge in [0.05, 0.1) is 6.10 Å². The Morgan fingerprint density at radius 3 is 2.70 bits per heavy atom. The van der Waals surface area contributed by atoms with Gasteiger partial charge in [0.1, 0.15) is 0 Å². The summed E-state index contributed by atoms with van der Waals surface area (Å²) in [4.78, 5) is 4.52. The Bertz CT molecular complexity index is 436. The van der Waals surface area contributed by atoms with Crippen LogP contribution >= 0.6 is 35.7 Å². The van der Waals surface area contributed by atoms with Crippen LogP contribution in [0.4, 0.5) is 0 Å². The molecule has 1 spiro atoms. The van der Waals surface area contributed by atoms with Crippen LogP contribution in [0.1, 0.15) is 44.9 Å². The highest BCUT2D eigenvalue weighted by Gasteiger charge is 2.65. The molecule has 4 fully saturated rings. The van der Waals surface area contributed by atoms with Gasteiger partial charge in [-0.05, 0) is 37.9 Å². The standard InChI is InChI=1S/C17H29N3OS.HI/c1-18-16(19-12-5-4-10-22-11-12)20-14-13-6-9-21-15(13)17(14)7-2-3-8-17;/h12-15H,2-11H2,1H3,(H2,18,19,20);1H. The van der Waals surface area contributed by atoms with Crippen molar-refractivity contribution in [2.45, 2.75) is 63.1 Å². The fraction of sp³-hybridized carbons (Fsp3) is 0.941.